The van der Waals surface area contributed by atoms with Crippen molar-refractivity contribution in [2.24, 2.45) is 5.41 Å². The Balaban J connectivity index is 2.09. The van der Waals surface area contributed by atoms with Crippen LogP contribution in [0.25, 0.3) is 0 Å². The van der Waals surface area contributed by atoms with Crippen molar-refractivity contribution < 1.29 is 14.4 Å². The molecule has 1 aromatic rings. The molecule has 6 heteroatoms. The molecule has 0 radical (unpaired) electrons. The zero-order valence-electron chi connectivity index (χ0n) is 12.2. The van der Waals surface area contributed by atoms with Gasteiger partial charge in [0.15, 0.2) is 0 Å². The second-order valence-corrected chi connectivity index (χ2v) is 5.78. The molecule has 2 rings (SSSR count). The molecule has 5 nitrogen and oxygen atoms in total. The molecule has 1 aliphatic rings. The lowest BCUT2D eigenvalue weighted by molar-refractivity contribution is -0.386. The first-order chi connectivity index (χ1) is 10.0. The summed E-state index contributed by atoms with van der Waals surface area (Å²) >= 11 is 0. The van der Waals surface area contributed by atoms with Gasteiger partial charge in [-0.2, -0.15) is 0 Å². The van der Waals surface area contributed by atoms with Crippen LogP contribution in [0, 0.1) is 21.3 Å². The molecule has 0 aromatic heterocycles. The van der Waals surface area contributed by atoms with Crippen LogP contribution >= 0.6 is 0 Å². The molecule has 0 aliphatic carbocycles. The average Bonchev–Trinajstić information content (AvgIpc) is 2.50. The zero-order chi connectivity index (χ0) is 15.5. The molecular formula is C15H21FN2O3. The van der Waals surface area contributed by atoms with Crippen molar-refractivity contribution in [3.8, 4) is 0 Å². The van der Waals surface area contributed by atoms with Crippen LogP contribution in [0.3, 0.4) is 0 Å². The Morgan fingerprint density at radius 1 is 1.43 bits per heavy atom. The SMILES string of the molecule is CCC1(CO)CCN(Cc2c(F)cccc2[N+](=O)[O-])CC1. The third-order valence-electron chi connectivity index (χ3n) is 4.67. The van der Waals surface area contributed by atoms with Crippen LogP contribution < -0.4 is 0 Å². The highest BCUT2D eigenvalue weighted by Crippen LogP contribution is 2.35. The number of likely N-dealkylation sites (tertiary alicyclic amines) is 1. The quantitative estimate of drug-likeness (QED) is 0.670. The van der Waals surface area contributed by atoms with Crippen molar-refractivity contribution in [2.45, 2.75) is 32.7 Å². The maximum absolute atomic E-state index is 13.9. The van der Waals surface area contributed by atoms with Crippen molar-refractivity contribution in [1.82, 2.24) is 4.90 Å². The molecular weight excluding hydrogens is 275 g/mol. The van der Waals surface area contributed by atoms with E-state index in [9.17, 15) is 19.6 Å². The average molecular weight is 296 g/mol. The van der Waals surface area contributed by atoms with Gasteiger partial charge in [0.05, 0.1) is 10.5 Å². The van der Waals surface area contributed by atoms with E-state index in [1.807, 2.05) is 4.90 Å². The molecule has 0 unspecified atom stereocenters. The van der Waals surface area contributed by atoms with Gasteiger partial charge < -0.3 is 5.11 Å². The molecule has 1 N–H and O–H groups in total. The van der Waals surface area contributed by atoms with Crippen LogP contribution in [0.2, 0.25) is 0 Å². The molecule has 21 heavy (non-hydrogen) atoms. The van der Waals surface area contributed by atoms with E-state index < -0.39 is 10.7 Å². The Kier molecular flexibility index (Phi) is 4.90. The third-order valence-corrected chi connectivity index (χ3v) is 4.67. The monoisotopic (exact) mass is 296 g/mol. The smallest absolute Gasteiger partial charge is 0.276 e. The third kappa shape index (κ3) is 3.39. The number of piperidine rings is 1. The van der Waals surface area contributed by atoms with E-state index in [1.54, 1.807) is 0 Å². The predicted octanol–water partition coefficient (Wildman–Crippen LogP) is 2.72. The zero-order valence-corrected chi connectivity index (χ0v) is 12.2. The molecule has 0 atom stereocenters. The summed E-state index contributed by atoms with van der Waals surface area (Å²) in [6, 6.07) is 3.96. The minimum atomic E-state index is -0.535. The minimum absolute atomic E-state index is 0.0440. The Hall–Kier alpha value is -1.53. The first kappa shape index (κ1) is 15.9. The summed E-state index contributed by atoms with van der Waals surface area (Å²) < 4.78 is 13.9. The number of hydrogen-bond acceptors (Lipinski definition) is 4. The number of benzene rings is 1. The number of nitro benzene ring substituents is 1. The Bertz CT molecular complexity index is 508. The summed E-state index contributed by atoms with van der Waals surface area (Å²) in [6.45, 7) is 3.92. The molecule has 1 fully saturated rings. The predicted molar refractivity (Wildman–Crippen MR) is 77.4 cm³/mol. The van der Waals surface area contributed by atoms with Crippen LogP contribution in [0.5, 0.6) is 0 Å². The number of nitro groups is 1. The van der Waals surface area contributed by atoms with Gasteiger partial charge in [-0.05, 0) is 43.8 Å². The lowest BCUT2D eigenvalue weighted by atomic mass is 9.77. The Morgan fingerprint density at radius 3 is 2.62 bits per heavy atom. The molecule has 0 spiro atoms. The fourth-order valence-corrected chi connectivity index (χ4v) is 2.91. The van der Waals surface area contributed by atoms with Crippen molar-refractivity contribution >= 4 is 5.69 Å². The lowest BCUT2D eigenvalue weighted by Crippen LogP contribution is -2.41. The van der Waals surface area contributed by atoms with Crippen molar-refractivity contribution in [1.29, 1.82) is 0 Å². The van der Waals surface area contributed by atoms with Gasteiger partial charge in [0.2, 0.25) is 0 Å². The van der Waals surface area contributed by atoms with Crippen LogP contribution in [0.15, 0.2) is 18.2 Å². The van der Waals surface area contributed by atoms with E-state index >= 15 is 0 Å². The van der Waals surface area contributed by atoms with E-state index in [0.29, 0.717) is 0 Å². The second kappa shape index (κ2) is 6.49. The van der Waals surface area contributed by atoms with Gasteiger partial charge in [-0.25, -0.2) is 4.39 Å². The van der Waals surface area contributed by atoms with Gasteiger partial charge in [-0.3, -0.25) is 15.0 Å². The van der Waals surface area contributed by atoms with Gasteiger partial charge in [0, 0.05) is 19.2 Å². The fraction of sp³-hybridized carbons (Fsp3) is 0.600. The maximum atomic E-state index is 13.9. The van der Waals surface area contributed by atoms with Crippen LogP contribution in [-0.4, -0.2) is 34.6 Å². The summed E-state index contributed by atoms with van der Waals surface area (Å²) in [7, 11) is 0. The standard InChI is InChI=1S/C15H21FN2O3/c1-2-15(11-19)6-8-17(9-7-15)10-12-13(16)4-3-5-14(12)18(20)21/h3-5,19H,2,6-11H2,1H3. The summed E-state index contributed by atoms with van der Waals surface area (Å²) in [4.78, 5) is 12.5. The molecule has 0 bridgehead atoms. The van der Waals surface area contributed by atoms with Crippen LogP contribution in [0.1, 0.15) is 31.7 Å². The topological polar surface area (TPSA) is 66.6 Å². The Labute approximate surface area is 123 Å². The maximum Gasteiger partial charge on any atom is 0.276 e. The molecule has 1 aliphatic heterocycles. The molecule has 0 amide bonds. The number of halogens is 1. The van der Waals surface area contributed by atoms with Crippen LogP contribution in [0.4, 0.5) is 10.1 Å². The van der Waals surface area contributed by atoms with Gasteiger partial charge in [-0.15, -0.1) is 0 Å². The van der Waals surface area contributed by atoms with Gasteiger partial charge in [-0.1, -0.05) is 13.0 Å². The highest BCUT2D eigenvalue weighted by atomic mass is 19.1. The Morgan fingerprint density at radius 2 is 2.10 bits per heavy atom. The van der Waals surface area contributed by atoms with Crippen molar-refractivity contribution in [3.63, 3.8) is 0 Å². The van der Waals surface area contributed by atoms with Crippen LogP contribution in [-0.2, 0) is 6.54 Å². The van der Waals surface area contributed by atoms with Gasteiger partial charge in [0.25, 0.3) is 5.69 Å². The summed E-state index contributed by atoms with van der Waals surface area (Å²) in [5, 5.41) is 20.5. The summed E-state index contributed by atoms with van der Waals surface area (Å²) in [6.07, 6.45) is 2.59. The number of nitrogens with zero attached hydrogens (tertiary/aromatic N) is 2. The van der Waals surface area contributed by atoms with E-state index in [0.717, 1.165) is 32.4 Å². The first-order valence-electron chi connectivity index (χ1n) is 7.26. The molecule has 1 saturated heterocycles. The van der Waals surface area contributed by atoms with Gasteiger partial charge >= 0.3 is 0 Å². The van der Waals surface area contributed by atoms with E-state index in [-0.39, 0.29) is 29.8 Å². The highest BCUT2D eigenvalue weighted by Gasteiger charge is 2.33. The lowest BCUT2D eigenvalue weighted by Gasteiger charge is -2.40. The summed E-state index contributed by atoms with van der Waals surface area (Å²) in [5.41, 5.74) is -0.0579. The number of hydrogen-bond donors (Lipinski definition) is 1. The summed E-state index contributed by atoms with van der Waals surface area (Å²) in [5.74, 6) is -0.529. The highest BCUT2D eigenvalue weighted by molar-refractivity contribution is 5.40. The fourth-order valence-electron chi connectivity index (χ4n) is 2.91. The second-order valence-electron chi connectivity index (χ2n) is 5.78. The molecule has 1 heterocycles. The number of aliphatic hydroxyl groups is 1. The largest absolute Gasteiger partial charge is 0.396 e. The molecule has 1 aromatic carbocycles. The molecule has 116 valence electrons. The minimum Gasteiger partial charge on any atom is -0.396 e. The van der Waals surface area contributed by atoms with Crippen molar-refractivity contribution in [2.75, 3.05) is 19.7 Å². The number of rotatable bonds is 5. The van der Waals surface area contributed by atoms with Gasteiger partial charge in [0.1, 0.15) is 5.82 Å². The normalized spacial score (nSPS) is 18.6. The van der Waals surface area contributed by atoms with Crippen molar-refractivity contribution in [3.05, 3.63) is 39.7 Å². The van der Waals surface area contributed by atoms with E-state index in [2.05, 4.69) is 6.92 Å². The molecule has 0 saturated carbocycles. The van der Waals surface area contributed by atoms with E-state index in [1.165, 1.54) is 18.2 Å². The van der Waals surface area contributed by atoms with E-state index in [4.69, 9.17) is 0 Å². The first-order valence-corrected chi connectivity index (χ1v) is 7.26. The number of aliphatic hydroxyl groups excluding tert-OH is 1.